The van der Waals surface area contributed by atoms with Crippen LogP contribution in [0.5, 0.6) is 0 Å². The van der Waals surface area contributed by atoms with Crippen molar-refractivity contribution in [2.75, 3.05) is 0 Å². The zero-order valence-corrected chi connectivity index (χ0v) is 10.9. The van der Waals surface area contributed by atoms with Crippen LogP contribution in [0.15, 0.2) is 39.2 Å². The first-order chi connectivity index (χ1) is 7.58. The van der Waals surface area contributed by atoms with Crippen LogP contribution in [0.1, 0.15) is 28.7 Å². The van der Waals surface area contributed by atoms with E-state index in [0.29, 0.717) is 0 Å². The van der Waals surface area contributed by atoms with Crippen molar-refractivity contribution in [3.05, 3.63) is 57.5 Å². The lowest BCUT2D eigenvalue weighted by Gasteiger charge is -2.12. The second-order valence-electron chi connectivity index (χ2n) is 3.93. The van der Waals surface area contributed by atoms with Gasteiger partial charge < -0.3 is 10.2 Å². The molecule has 1 heterocycles. The molecule has 0 aliphatic heterocycles. The third kappa shape index (κ3) is 2.20. The molecule has 0 fully saturated rings. The van der Waals surface area contributed by atoms with Gasteiger partial charge in [0.2, 0.25) is 0 Å². The van der Waals surface area contributed by atoms with Gasteiger partial charge in [0, 0.05) is 4.47 Å². The number of hydrogen-bond acceptors (Lipinski definition) is 2. The summed E-state index contributed by atoms with van der Waals surface area (Å²) in [6.45, 7) is 3.97. The number of benzene rings is 1. The van der Waals surface area contributed by atoms with E-state index in [4.69, 9.17) is 10.2 Å². The Balaban J connectivity index is 2.40. The summed E-state index contributed by atoms with van der Waals surface area (Å²) in [4.78, 5) is 0. The summed E-state index contributed by atoms with van der Waals surface area (Å²) < 4.78 is 6.59. The molecule has 0 aliphatic carbocycles. The average molecular weight is 280 g/mol. The van der Waals surface area contributed by atoms with E-state index in [2.05, 4.69) is 28.9 Å². The van der Waals surface area contributed by atoms with Gasteiger partial charge in [0.25, 0.3) is 0 Å². The van der Waals surface area contributed by atoms with Crippen molar-refractivity contribution in [2.24, 2.45) is 5.73 Å². The molecule has 1 unspecified atom stereocenters. The van der Waals surface area contributed by atoms with E-state index in [1.807, 2.05) is 31.2 Å². The van der Waals surface area contributed by atoms with Gasteiger partial charge in [-0.25, -0.2) is 0 Å². The molecule has 2 N–H and O–H groups in total. The minimum absolute atomic E-state index is 0.203. The van der Waals surface area contributed by atoms with Gasteiger partial charge in [0.1, 0.15) is 11.5 Å². The molecule has 1 aromatic carbocycles. The quantitative estimate of drug-likeness (QED) is 0.910. The Morgan fingerprint density at radius 1 is 1.19 bits per heavy atom. The molecule has 0 spiro atoms. The van der Waals surface area contributed by atoms with Gasteiger partial charge in [-0.1, -0.05) is 22.0 Å². The third-order valence-electron chi connectivity index (χ3n) is 2.64. The van der Waals surface area contributed by atoms with Gasteiger partial charge in [0.15, 0.2) is 0 Å². The normalized spacial score (nSPS) is 12.8. The topological polar surface area (TPSA) is 39.2 Å². The first-order valence-electron chi connectivity index (χ1n) is 5.16. The van der Waals surface area contributed by atoms with E-state index in [1.54, 1.807) is 0 Å². The molecular formula is C13H14BrNO. The molecule has 0 aliphatic rings. The first-order valence-corrected chi connectivity index (χ1v) is 5.95. The highest BCUT2D eigenvalue weighted by Gasteiger charge is 2.14. The van der Waals surface area contributed by atoms with Crippen LogP contribution in [0.2, 0.25) is 0 Å². The molecule has 84 valence electrons. The van der Waals surface area contributed by atoms with E-state index in [1.165, 1.54) is 5.56 Å². The van der Waals surface area contributed by atoms with Crippen molar-refractivity contribution in [2.45, 2.75) is 19.9 Å². The van der Waals surface area contributed by atoms with Crippen LogP contribution in [0.25, 0.3) is 0 Å². The molecule has 2 nitrogen and oxygen atoms in total. The summed E-state index contributed by atoms with van der Waals surface area (Å²) in [7, 11) is 0. The van der Waals surface area contributed by atoms with Crippen LogP contribution in [-0.4, -0.2) is 0 Å². The van der Waals surface area contributed by atoms with Crippen molar-refractivity contribution in [3.63, 3.8) is 0 Å². The molecule has 0 saturated heterocycles. The lowest BCUT2D eigenvalue weighted by Crippen LogP contribution is -2.12. The van der Waals surface area contributed by atoms with Crippen LogP contribution in [0.4, 0.5) is 0 Å². The minimum atomic E-state index is -0.203. The molecule has 0 bridgehead atoms. The maximum absolute atomic E-state index is 6.18. The molecule has 2 aromatic rings. The highest BCUT2D eigenvalue weighted by molar-refractivity contribution is 9.10. The van der Waals surface area contributed by atoms with Crippen LogP contribution in [-0.2, 0) is 0 Å². The van der Waals surface area contributed by atoms with E-state index in [9.17, 15) is 0 Å². The molecule has 1 aromatic heterocycles. The molecule has 0 amide bonds. The summed E-state index contributed by atoms with van der Waals surface area (Å²) >= 11 is 3.46. The average Bonchev–Trinajstić information content (AvgIpc) is 2.67. The Labute approximate surface area is 104 Å². The maximum Gasteiger partial charge on any atom is 0.125 e. The van der Waals surface area contributed by atoms with E-state index < -0.39 is 0 Å². The number of hydrogen-bond donors (Lipinski definition) is 1. The lowest BCUT2D eigenvalue weighted by molar-refractivity contribution is 0.465. The van der Waals surface area contributed by atoms with Crippen molar-refractivity contribution < 1.29 is 4.42 Å². The maximum atomic E-state index is 6.18. The van der Waals surface area contributed by atoms with E-state index >= 15 is 0 Å². The van der Waals surface area contributed by atoms with E-state index in [0.717, 1.165) is 21.6 Å². The molecular weight excluding hydrogens is 266 g/mol. The van der Waals surface area contributed by atoms with Crippen LogP contribution in [0.3, 0.4) is 0 Å². The second-order valence-corrected chi connectivity index (χ2v) is 4.84. The third-order valence-corrected chi connectivity index (χ3v) is 3.14. The monoisotopic (exact) mass is 279 g/mol. The predicted molar refractivity (Wildman–Crippen MR) is 68.4 cm³/mol. The first kappa shape index (κ1) is 11.4. The lowest BCUT2D eigenvalue weighted by atomic mass is 10.0. The SMILES string of the molecule is Cc1ccc(C(N)c2cc(Br)ccc2C)o1. The van der Waals surface area contributed by atoms with Crippen molar-refractivity contribution in [1.82, 2.24) is 0 Å². The standard InChI is InChI=1S/C13H14BrNO/c1-8-3-5-10(14)7-11(8)13(15)12-6-4-9(2)16-12/h3-7,13H,15H2,1-2H3. The molecule has 3 heteroatoms. The summed E-state index contributed by atoms with van der Waals surface area (Å²) in [5.74, 6) is 1.69. The molecule has 1 atom stereocenters. The largest absolute Gasteiger partial charge is 0.464 e. The highest BCUT2D eigenvalue weighted by Crippen LogP contribution is 2.26. The van der Waals surface area contributed by atoms with Gasteiger partial charge in [0.05, 0.1) is 6.04 Å². The summed E-state index contributed by atoms with van der Waals surface area (Å²) in [6, 6.07) is 9.76. The fraction of sp³-hybridized carbons (Fsp3) is 0.231. The zero-order valence-electron chi connectivity index (χ0n) is 9.33. The summed E-state index contributed by atoms with van der Waals surface area (Å²) in [6.07, 6.45) is 0. The van der Waals surface area contributed by atoms with E-state index in [-0.39, 0.29) is 6.04 Å². The van der Waals surface area contributed by atoms with Crippen molar-refractivity contribution >= 4 is 15.9 Å². The fourth-order valence-electron chi connectivity index (χ4n) is 1.72. The fourth-order valence-corrected chi connectivity index (χ4v) is 2.10. The Kier molecular flexibility index (Phi) is 3.17. The predicted octanol–water partition coefficient (Wildman–Crippen LogP) is 3.71. The van der Waals surface area contributed by atoms with Gasteiger partial charge in [-0.05, 0) is 49.2 Å². The smallest absolute Gasteiger partial charge is 0.125 e. The zero-order chi connectivity index (χ0) is 11.7. The highest BCUT2D eigenvalue weighted by atomic mass is 79.9. The molecule has 0 saturated carbocycles. The molecule has 2 rings (SSSR count). The van der Waals surface area contributed by atoms with Crippen LogP contribution >= 0.6 is 15.9 Å². The Morgan fingerprint density at radius 2 is 1.94 bits per heavy atom. The number of rotatable bonds is 2. The van der Waals surface area contributed by atoms with Gasteiger partial charge in [-0.15, -0.1) is 0 Å². The van der Waals surface area contributed by atoms with Crippen LogP contribution < -0.4 is 5.73 Å². The van der Waals surface area contributed by atoms with Gasteiger partial charge in [-0.2, -0.15) is 0 Å². The number of furan rings is 1. The summed E-state index contributed by atoms with van der Waals surface area (Å²) in [5, 5.41) is 0. The Bertz CT molecular complexity index is 504. The second kappa shape index (κ2) is 4.44. The number of aryl methyl sites for hydroxylation is 2. The number of nitrogens with two attached hydrogens (primary N) is 1. The minimum Gasteiger partial charge on any atom is -0.464 e. The van der Waals surface area contributed by atoms with Gasteiger partial charge in [-0.3, -0.25) is 0 Å². The molecule has 16 heavy (non-hydrogen) atoms. The van der Waals surface area contributed by atoms with Gasteiger partial charge >= 0.3 is 0 Å². The molecule has 0 radical (unpaired) electrons. The summed E-state index contributed by atoms with van der Waals surface area (Å²) in [5.41, 5.74) is 8.44. The van der Waals surface area contributed by atoms with Crippen LogP contribution in [0, 0.1) is 13.8 Å². The van der Waals surface area contributed by atoms with Crippen molar-refractivity contribution in [3.8, 4) is 0 Å². The Hall–Kier alpha value is -1.06. The number of halogens is 1. The van der Waals surface area contributed by atoms with Crippen molar-refractivity contribution in [1.29, 1.82) is 0 Å². The Morgan fingerprint density at radius 3 is 2.56 bits per heavy atom.